The van der Waals surface area contributed by atoms with E-state index >= 15 is 0 Å². The number of hydrogen-bond donors (Lipinski definition) is 1. The van der Waals surface area contributed by atoms with Crippen LogP contribution in [0.4, 0.5) is 0 Å². The molecule has 1 heterocycles. The topological polar surface area (TPSA) is 45.5 Å². The number of hydrogen-bond acceptors (Lipinski definition) is 2. The van der Waals surface area contributed by atoms with Crippen molar-refractivity contribution in [2.75, 3.05) is 20.1 Å². The van der Waals surface area contributed by atoms with Gasteiger partial charge in [0, 0.05) is 44.1 Å². The van der Waals surface area contributed by atoms with Gasteiger partial charge in [-0.15, -0.1) is 0 Å². The Hall–Kier alpha value is -2.01. The van der Waals surface area contributed by atoms with Gasteiger partial charge in [-0.2, -0.15) is 0 Å². The number of imidazole rings is 1. The summed E-state index contributed by atoms with van der Waals surface area (Å²) in [6.45, 7) is 5.13. The molecular weight excluding hydrogens is 298 g/mol. The number of aromatic nitrogens is 2. The van der Waals surface area contributed by atoms with Crippen molar-refractivity contribution in [1.29, 1.82) is 0 Å². The minimum absolute atomic E-state index is 0.700. The molecule has 5 nitrogen and oxygen atoms in total. The Morgan fingerprint density at radius 1 is 1.41 bits per heavy atom. The summed E-state index contributed by atoms with van der Waals surface area (Å²) in [5.74, 6) is 0.877. The number of nitrogens with one attached hydrogen (secondary N) is 1. The van der Waals surface area contributed by atoms with Gasteiger partial charge in [0.1, 0.15) is 0 Å². The summed E-state index contributed by atoms with van der Waals surface area (Å²) >= 11 is 6.22. The second-order valence-electron chi connectivity index (χ2n) is 4.98. The summed E-state index contributed by atoms with van der Waals surface area (Å²) in [4.78, 5) is 10.8. The van der Waals surface area contributed by atoms with Gasteiger partial charge in [-0.25, -0.2) is 4.98 Å². The smallest absolute Gasteiger partial charge is 0.194 e. The largest absolute Gasteiger partial charge is 0.357 e. The van der Waals surface area contributed by atoms with Crippen molar-refractivity contribution in [2.45, 2.75) is 20.0 Å². The molecule has 0 radical (unpaired) electrons. The molecule has 0 aliphatic carbocycles. The number of rotatable bonds is 6. The van der Waals surface area contributed by atoms with Crippen LogP contribution < -0.4 is 5.32 Å². The first-order chi connectivity index (χ1) is 10.7. The molecule has 0 spiro atoms. The predicted molar refractivity (Wildman–Crippen MR) is 91.1 cm³/mol. The first-order valence-electron chi connectivity index (χ1n) is 7.39. The Bertz CT molecular complexity index is 594. The van der Waals surface area contributed by atoms with Crippen LogP contribution in [0, 0.1) is 0 Å². The number of guanidine groups is 1. The zero-order valence-corrected chi connectivity index (χ0v) is 13.8. The number of nitrogens with zero attached hydrogens (tertiary/aromatic N) is 4. The van der Waals surface area contributed by atoms with Gasteiger partial charge in [-0.1, -0.05) is 29.8 Å². The van der Waals surface area contributed by atoms with Crippen LogP contribution in [0.5, 0.6) is 0 Å². The van der Waals surface area contributed by atoms with E-state index < -0.39 is 0 Å². The minimum Gasteiger partial charge on any atom is -0.357 e. The number of benzene rings is 1. The van der Waals surface area contributed by atoms with Gasteiger partial charge in [0.25, 0.3) is 0 Å². The Balaban J connectivity index is 1.98. The SMILES string of the molecule is CCNC(=NCCn1ccnc1)N(C)Cc1ccccc1Cl. The van der Waals surface area contributed by atoms with Gasteiger partial charge in [-0.05, 0) is 18.6 Å². The fourth-order valence-corrected chi connectivity index (χ4v) is 2.31. The van der Waals surface area contributed by atoms with Crippen LogP contribution in [0.3, 0.4) is 0 Å². The molecule has 0 aliphatic rings. The number of halogens is 1. The molecule has 118 valence electrons. The van der Waals surface area contributed by atoms with E-state index in [1.165, 1.54) is 0 Å². The summed E-state index contributed by atoms with van der Waals surface area (Å²) in [5, 5.41) is 4.09. The molecule has 1 N–H and O–H groups in total. The Morgan fingerprint density at radius 2 is 2.23 bits per heavy atom. The molecule has 1 aromatic heterocycles. The summed E-state index contributed by atoms with van der Waals surface area (Å²) in [6, 6.07) is 7.89. The maximum Gasteiger partial charge on any atom is 0.194 e. The zero-order valence-electron chi connectivity index (χ0n) is 13.0. The lowest BCUT2D eigenvalue weighted by atomic mass is 10.2. The summed E-state index contributed by atoms with van der Waals surface area (Å²) < 4.78 is 2.02. The molecule has 2 aromatic rings. The van der Waals surface area contributed by atoms with Gasteiger partial charge < -0.3 is 14.8 Å². The second-order valence-corrected chi connectivity index (χ2v) is 5.39. The maximum absolute atomic E-state index is 6.22. The van der Waals surface area contributed by atoms with Crippen LogP contribution in [0.1, 0.15) is 12.5 Å². The van der Waals surface area contributed by atoms with Crippen LogP contribution in [-0.2, 0) is 13.1 Å². The van der Waals surface area contributed by atoms with E-state index in [0.29, 0.717) is 6.54 Å². The van der Waals surface area contributed by atoms with Gasteiger partial charge in [0.15, 0.2) is 5.96 Å². The third kappa shape index (κ3) is 4.77. The van der Waals surface area contributed by atoms with E-state index in [1.54, 1.807) is 12.5 Å². The molecule has 0 fully saturated rings. The highest BCUT2D eigenvalue weighted by Crippen LogP contribution is 2.16. The number of aliphatic imine (C=N–C) groups is 1. The molecule has 0 bridgehead atoms. The van der Waals surface area contributed by atoms with E-state index in [2.05, 4.69) is 27.1 Å². The minimum atomic E-state index is 0.700. The monoisotopic (exact) mass is 319 g/mol. The fourth-order valence-electron chi connectivity index (χ4n) is 2.12. The summed E-state index contributed by atoms with van der Waals surface area (Å²) in [6.07, 6.45) is 5.52. The summed E-state index contributed by atoms with van der Waals surface area (Å²) in [5.41, 5.74) is 1.09. The highest BCUT2D eigenvalue weighted by atomic mass is 35.5. The van der Waals surface area contributed by atoms with Crippen LogP contribution in [0.15, 0.2) is 48.0 Å². The van der Waals surface area contributed by atoms with Crippen molar-refractivity contribution in [1.82, 2.24) is 19.8 Å². The van der Waals surface area contributed by atoms with E-state index in [4.69, 9.17) is 11.6 Å². The average Bonchev–Trinajstić information content (AvgIpc) is 3.02. The average molecular weight is 320 g/mol. The quantitative estimate of drug-likeness (QED) is 0.657. The molecule has 0 saturated carbocycles. The Kier molecular flexibility index (Phi) is 6.27. The van der Waals surface area contributed by atoms with Crippen molar-refractivity contribution in [3.8, 4) is 0 Å². The molecule has 22 heavy (non-hydrogen) atoms. The van der Waals surface area contributed by atoms with E-state index in [1.807, 2.05) is 42.1 Å². The van der Waals surface area contributed by atoms with E-state index in [-0.39, 0.29) is 0 Å². The molecule has 0 saturated heterocycles. The Labute approximate surface area is 136 Å². The molecule has 0 unspecified atom stereocenters. The molecule has 0 aliphatic heterocycles. The van der Waals surface area contributed by atoms with Gasteiger partial charge in [0.2, 0.25) is 0 Å². The van der Waals surface area contributed by atoms with E-state index in [0.717, 1.165) is 36.2 Å². The van der Waals surface area contributed by atoms with Crippen molar-refractivity contribution in [2.24, 2.45) is 4.99 Å². The highest BCUT2D eigenvalue weighted by Gasteiger charge is 2.08. The zero-order chi connectivity index (χ0) is 15.8. The van der Waals surface area contributed by atoms with Crippen molar-refractivity contribution < 1.29 is 0 Å². The normalized spacial score (nSPS) is 11.5. The first-order valence-corrected chi connectivity index (χ1v) is 7.77. The standard InChI is InChI=1S/C16H22ClN5/c1-3-19-16(20-9-11-22-10-8-18-13-22)21(2)12-14-6-4-5-7-15(14)17/h4-8,10,13H,3,9,11-12H2,1-2H3,(H,19,20). The van der Waals surface area contributed by atoms with Crippen molar-refractivity contribution in [3.05, 3.63) is 53.6 Å². The molecule has 0 atom stereocenters. The first kappa shape index (κ1) is 16.4. The fraction of sp³-hybridized carbons (Fsp3) is 0.375. The lowest BCUT2D eigenvalue weighted by Gasteiger charge is -2.22. The third-order valence-electron chi connectivity index (χ3n) is 3.24. The maximum atomic E-state index is 6.22. The molecule has 2 rings (SSSR count). The Morgan fingerprint density at radius 3 is 2.91 bits per heavy atom. The highest BCUT2D eigenvalue weighted by molar-refractivity contribution is 6.31. The van der Waals surface area contributed by atoms with Gasteiger partial charge in [0.05, 0.1) is 12.9 Å². The van der Waals surface area contributed by atoms with E-state index in [9.17, 15) is 0 Å². The van der Waals surface area contributed by atoms with Crippen molar-refractivity contribution in [3.63, 3.8) is 0 Å². The second kappa shape index (κ2) is 8.44. The third-order valence-corrected chi connectivity index (χ3v) is 3.61. The lowest BCUT2D eigenvalue weighted by molar-refractivity contribution is 0.476. The lowest BCUT2D eigenvalue weighted by Crippen LogP contribution is -2.38. The van der Waals surface area contributed by atoms with Crippen molar-refractivity contribution >= 4 is 17.6 Å². The van der Waals surface area contributed by atoms with Crippen LogP contribution in [-0.4, -0.2) is 40.5 Å². The molecule has 0 amide bonds. The van der Waals surface area contributed by atoms with Crippen LogP contribution >= 0.6 is 11.6 Å². The van der Waals surface area contributed by atoms with Gasteiger partial charge >= 0.3 is 0 Å². The molecule has 1 aromatic carbocycles. The molecule has 6 heteroatoms. The van der Waals surface area contributed by atoms with Crippen LogP contribution in [0.25, 0.3) is 0 Å². The summed E-state index contributed by atoms with van der Waals surface area (Å²) in [7, 11) is 2.02. The van der Waals surface area contributed by atoms with Gasteiger partial charge in [-0.3, -0.25) is 4.99 Å². The predicted octanol–water partition coefficient (Wildman–Crippen LogP) is 2.63. The molecular formula is C16H22ClN5. The van der Waals surface area contributed by atoms with Crippen LogP contribution in [0.2, 0.25) is 5.02 Å².